The molecule has 0 saturated heterocycles. The molecule has 0 amide bonds. The fourth-order valence-electron chi connectivity index (χ4n) is 0.672. The van der Waals surface area contributed by atoms with E-state index in [1.807, 2.05) is 0 Å². The molecule has 3 heteroatoms. The van der Waals surface area contributed by atoms with Crippen molar-refractivity contribution >= 4 is 0 Å². The topological polar surface area (TPSA) is 39.4 Å². The van der Waals surface area contributed by atoms with Gasteiger partial charge in [0.25, 0.3) is 5.95 Å². The number of aryl methyl sites for hydroxylation is 1. The molecule has 1 aromatic rings. The minimum absolute atomic E-state index is 0.255. The predicted molar refractivity (Wildman–Crippen MR) is 36.3 cm³/mol. The molecule has 0 N–H and O–H groups in total. The highest BCUT2D eigenvalue weighted by molar-refractivity contribution is 5.14. The summed E-state index contributed by atoms with van der Waals surface area (Å²) in [5.41, 5.74) is 0.463. The first kappa shape index (κ1) is 6.86. The Bertz CT molecular complexity index is 274. The van der Waals surface area contributed by atoms with E-state index in [1.54, 1.807) is 13.0 Å². The van der Waals surface area contributed by atoms with Gasteiger partial charge < -0.3 is 9.15 Å². The Morgan fingerprint density at radius 3 is 2.70 bits per heavy atom. The molecule has 0 aliphatic heterocycles. The van der Waals surface area contributed by atoms with Gasteiger partial charge in [0.15, 0.2) is 0 Å². The summed E-state index contributed by atoms with van der Waals surface area (Å²) in [6, 6.07) is 3.06. The second-order valence-electron chi connectivity index (χ2n) is 1.98. The van der Waals surface area contributed by atoms with Gasteiger partial charge in [0.1, 0.15) is 0 Å². The average Bonchev–Trinajstić information content (AvgIpc) is 1.85. The Labute approximate surface area is 58.2 Å². The van der Waals surface area contributed by atoms with Crippen molar-refractivity contribution in [3.8, 4) is 5.95 Å². The molecule has 1 rings (SSSR count). The largest absolute Gasteiger partial charge is 0.468 e. The molecule has 3 nitrogen and oxygen atoms in total. The highest BCUT2D eigenvalue weighted by atomic mass is 16.6. The minimum atomic E-state index is -0.378. The lowest BCUT2D eigenvalue weighted by Crippen LogP contribution is -1.98. The Hall–Kier alpha value is -1.25. The van der Waals surface area contributed by atoms with E-state index in [4.69, 9.17) is 4.74 Å². The predicted octanol–water partition coefficient (Wildman–Crippen LogP) is 0.957. The van der Waals surface area contributed by atoms with Gasteiger partial charge in [-0.25, -0.2) is 4.79 Å². The molecule has 0 saturated carbocycles. The molecule has 0 atom stereocenters. The lowest BCUT2D eigenvalue weighted by molar-refractivity contribution is 0.286. The van der Waals surface area contributed by atoms with Crippen LogP contribution in [0.1, 0.15) is 5.56 Å². The van der Waals surface area contributed by atoms with Crippen LogP contribution < -0.4 is 10.4 Å². The quantitative estimate of drug-likeness (QED) is 0.583. The van der Waals surface area contributed by atoms with Gasteiger partial charge >= 0.3 is 5.63 Å². The van der Waals surface area contributed by atoms with Crippen molar-refractivity contribution in [1.29, 1.82) is 0 Å². The molecule has 0 aromatic carbocycles. The van der Waals surface area contributed by atoms with E-state index in [0.717, 1.165) is 5.56 Å². The monoisotopic (exact) mass is 140 g/mol. The van der Waals surface area contributed by atoms with Crippen LogP contribution in [0.3, 0.4) is 0 Å². The van der Waals surface area contributed by atoms with Crippen molar-refractivity contribution in [2.45, 2.75) is 6.92 Å². The van der Waals surface area contributed by atoms with E-state index in [1.165, 1.54) is 13.2 Å². The molecule has 0 aliphatic carbocycles. The van der Waals surface area contributed by atoms with Crippen LogP contribution in [0.15, 0.2) is 21.3 Å². The number of rotatable bonds is 1. The molecule has 0 fully saturated rings. The van der Waals surface area contributed by atoms with E-state index < -0.39 is 0 Å². The smallest absolute Gasteiger partial charge is 0.338 e. The maximum absolute atomic E-state index is 10.6. The van der Waals surface area contributed by atoms with E-state index in [2.05, 4.69) is 4.42 Å². The lowest BCUT2D eigenvalue weighted by Gasteiger charge is -1.95. The van der Waals surface area contributed by atoms with Gasteiger partial charge in [-0.15, -0.1) is 0 Å². The second-order valence-corrected chi connectivity index (χ2v) is 1.98. The molecule has 0 aliphatic rings. The van der Waals surface area contributed by atoms with Crippen LogP contribution in [0.2, 0.25) is 0 Å². The maximum Gasteiger partial charge on any atom is 0.338 e. The van der Waals surface area contributed by atoms with Gasteiger partial charge in [0, 0.05) is 12.1 Å². The van der Waals surface area contributed by atoms with Crippen molar-refractivity contribution in [2.75, 3.05) is 7.11 Å². The molecular formula is C7H8O3. The summed E-state index contributed by atoms with van der Waals surface area (Å²) in [6.45, 7) is 1.80. The van der Waals surface area contributed by atoms with Crippen LogP contribution >= 0.6 is 0 Å². The minimum Gasteiger partial charge on any atom is -0.468 e. The van der Waals surface area contributed by atoms with E-state index >= 15 is 0 Å². The number of ether oxygens (including phenoxy) is 1. The molecule has 10 heavy (non-hydrogen) atoms. The molecule has 0 radical (unpaired) electrons. The fraction of sp³-hybridized carbons (Fsp3) is 0.286. The van der Waals surface area contributed by atoms with Gasteiger partial charge in [-0.2, -0.15) is 0 Å². The SMILES string of the molecule is COc1cc(C)cc(=O)o1. The van der Waals surface area contributed by atoms with E-state index in [0.29, 0.717) is 0 Å². The zero-order valence-corrected chi connectivity index (χ0v) is 5.88. The zero-order chi connectivity index (χ0) is 7.56. The van der Waals surface area contributed by atoms with Crippen LogP contribution in [0.5, 0.6) is 5.95 Å². The third kappa shape index (κ3) is 1.37. The summed E-state index contributed by atoms with van der Waals surface area (Å²) >= 11 is 0. The third-order valence-electron chi connectivity index (χ3n) is 1.09. The first-order chi connectivity index (χ1) is 4.72. The van der Waals surface area contributed by atoms with Crippen LogP contribution in [-0.2, 0) is 0 Å². The van der Waals surface area contributed by atoms with Gasteiger partial charge in [-0.05, 0) is 12.5 Å². The summed E-state index contributed by atoms with van der Waals surface area (Å²) in [5, 5.41) is 0. The Morgan fingerprint density at radius 1 is 1.50 bits per heavy atom. The Morgan fingerprint density at radius 2 is 2.20 bits per heavy atom. The van der Waals surface area contributed by atoms with Gasteiger partial charge in [-0.3, -0.25) is 0 Å². The summed E-state index contributed by atoms with van der Waals surface area (Å²) in [7, 11) is 1.46. The van der Waals surface area contributed by atoms with Gasteiger partial charge in [0.2, 0.25) is 0 Å². The summed E-state index contributed by atoms with van der Waals surface area (Å²) in [5.74, 6) is 0.255. The molecule has 54 valence electrons. The Balaban J connectivity index is 3.19. The van der Waals surface area contributed by atoms with Crippen LogP contribution in [0, 0.1) is 6.92 Å². The summed E-state index contributed by atoms with van der Waals surface area (Å²) < 4.78 is 9.34. The van der Waals surface area contributed by atoms with E-state index in [9.17, 15) is 4.79 Å². The van der Waals surface area contributed by atoms with Crippen LogP contribution in [0.25, 0.3) is 0 Å². The first-order valence-corrected chi connectivity index (χ1v) is 2.88. The Kier molecular flexibility index (Phi) is 1.76. The van der Waals surface area contributed by atoms with E-state index in [-0.39, 0.29) is 11.6 Å². The first-order valence-electron chi connectivity index (χ1n) is 2.88. The molecule has 0 unspecified atom stereocenters. The molecular weight excluding hydrogens is 132 g/mol. The number of hydrogen-bond acceptors (Lipinski definition) is 3. The van der Waals surface area contributed by atoms with Crippen molar-refractivity contribution < 1.29 is 9.15 Å². The fourth-order valence-corrected chi connectivity index (χ4v) is 0.672. The normalized spacial score (nSPS) is 9.40. The summed E-state index contributed by atoms with van der Waals surface area (Å²) in [4.78, 5) is 10.6. The van der Waals surface area contributed by atoms with Gasteiger partial charge in [0.05, 0.1) is 7.11 Å². The van der Waals surface area contributed by atoms with Gasteiger partial charge in [-0.1, -0.05) is 0 Å². The maximum atomic E-state index is 10.6. The average molecular weight is 140 g/mol. The van der Waals surface area contributed by atoms with Crippen molar-refractivity contribution in [3.05, 3.63) is 28.1 Å². The van der Waals surface area contributed by atoms with Crippen molar-refractivity contribution in [1.82, 2.24) is 0 Å². The highest BCUT2D eigenvalue weighted by Gasteiger charge is 1.95. The second kappa shape index (κ2) is 2.56. The molecule has 1 heterocycles. The van der Waals surface area contributed by atoms with Crippen LogP contribution in [0.4, 0.5) is 0 Å². The van der Waals surface area contributed by atoms with Crippen molar-refractivity contribution in [2.24, 2.45) is 0 Å². The summed E-state index contributed by atoms with van der Waals surface area (Å²) in [6.07, 6.45) is 0. The van der Waals surface area contributed by atoms with Crippen molar-refractivity contribution in [3.63, 3.8) is 0 Å². The third-order valence-corrected chi connectivity index (χ3v) is 1.09. The van der Waals surface area contributed by atoms with Crippen LogP contribution in [-0.4, -0.2) is 7.11 Å². The zero-order valence-electron chi connectivity index (χ0n) is 5.88. The highest BCUT2D eigenvalue weighted by Crippen LogP contribution is 2.07. The standard InChI is InChI=1S/C7H8O3/c1-5-3-6(8)10-7(4-5)9-2/h3-4H,1-2H3. The molecule has 0 bridgehead atoms. The lowest BCUT2D eigenvalue weighted by atomic mass is 10.3. The molecule has 1 aromatic heterocycles. The molecule has 0 spiro atoms. The number of hydrogen-bond donors (Lipinski definition) is 0. The number of methoxy groups -OCH3 is 1.